The predicted molar refractivity (Wildman–Crippen MR) is 81.3 cm³/mol. The summed E-state index contributed by atoms with van der Waals surface area (Å²) in [5.41, 5.74) is 6.61. The van der Waals surface area contributed by atoms with Crippen LogP contribution in [0.15, 0.2) is 24.3 Å². The fraction of sp³-hybridized carbons (Fsp3) is 0.600. The third-order valence-corrected chi connectivity index (χ3v) is 3.77. The molecule has 1 aromatic carbocycles. The summed E-state index contributed by atoms with van der Waals surface area (Å²) < 4.78 is 5.41. The summed E-state index contributed by atoms with van der Waals surface area (Å²) in [5.74, 6) is 0.920. The van der Waals surface area contributed by atoms with E-state index in [1.54, 1.807) is 7.11 Å². The minimum absolute atomic E-state index is 0.308. The third-order valence-electron chi connectivity index (χ3n) is 3.77. The number of nitrogens with zero attached hydrogens (tertiary/aromatic N) is 2. The fourth-order valence-electron chi connectivity index (χ4n) is 2.64. The van der Waals surface area contributed by atoms with Crippen LogP contribution in [0, 0.1) is 0 Å². The van der Waals surface area contributed by atoms with E-state index in [1.807, 2.05) is 18.2 Å². The Labute approximate surface area is 120 Å². The molecule has 5 nitrogen and oxygen atoms in total. The van der Waals surface area contributed by atoms with E-state index < -0.39 is 0 Å². The van der Waals surface area contributed by atoms with Gasteiger partial charge in [-0.3, -0.25) is 4.90 Å². The van der Waals surface area contributed by atoms with E-state index in [9.17, 15) is 5.11 Å². The van der Waals surface area contributed by atoms with Crippen molar-refractivity contribution in [2.75, 3.05) is 51.3 Å². The van der Waals surface area contributed by atoms with Gasteiger partial charge < -0.3 is 20.5 Å². The fourth-order valence-corrected chi connectivity index (χ4v) is 2.64. The maximum atomic E-state index is 9.81. The molecule has 0 aliphatic carbocycles. The first-order chi connectivity index (χ1) is 9.74. The summed E-state index contributed by atoms with van der Waals surface area (Å²) in [6.45, 7) is 5.09. The number of hydrogen-bond donors (Lipinski definition) is 2. The van der Waals surface area contributed by atoms with Gasteiger partial charge in [0.2, 0.25) is 0 Å². The maximum Gasteiger partial charge on any atom is 0.142 e. The van der Waals surface area contributed by atoms with Crippen LogP contribution in [0.3, 0.4) is 0 Å². The summed E-state index contributed by atoms with van der Waals surface area (Å²) in [6.07, 6.45) is 0.366. The number of aliphatic hydroxyl groups excluding tert-OH is 1. The Balaban J connectivity index is 1.88. The Morgan fingerprint density at radius 3 is 2.60 bits per heavy atom. The number of β-amino-alcohol motifs (C(OH)–C–C–N with tert-alkyl or cyclic N) is 1. The van der Waals surface area contributed by atoms with Crippen molar-refractivity contribution in [1.29, 1.82) is 0 Å². The van der Waals surface area contributed by atoms with Gasteiger partial charge in [0.25, 0.3) is 0 Å². The second kappa shape index (κ2) is 7.47. The van der Waals surface area contributed by atoms with E-state index in [0.717, 1.165) is 44.2 Å². The molecule has 1 heterocycles. The molecule has 5 heteroatoms. The minimum Gasteiger partial charge on any atom is -0.495 e. The number of anilines is 1. The van der Waals surface area contributed by atoms with Crippen LogP contribution < -0.4 is 15.4 Å². The van der Waals surface area contributed by atoms with E-state index in [0.29, 0.717) is 13.0 Å². The molecule has 1 fully saturated rings. The molecule has 1 atom stereocenters. The minimum atomic E-state index is -0.308. The number of para-hydroxylation sites is 2. The zero-order valence-electron chi connectivity index (χ0n) is 12.2. The van der Waals surface area contributed by atoms with Gasteiger partial charge in [-0.05, 0) is 25.1 Å². The van der Waals surface area contributed by atoms with E-state index in [2.05, 4.69) is 15.9 Å². The van der Waals surface area contributed by atoms with Crippen molar-refractivity contribution in [3.05, 3.63) is 24.3 Å². The van der Waals surface area contributed by atoms with E-state index >= 15 is 0 Å². The predicted octanol–water partition coefficient (Wildman–Crippen LogP) is 0.527. The van der Waals surface area contributed by atoms with Crippen LogP contribution in [0.25, 0.3) is 0 Å². The molecule has 0 radical (unpaired) electrons. The SMILES string of the molecule is COc1ccccc1N1CCN(C[C@H](O)CCN)CC1. The summed E-state index contributed by atoms with van der Waals surface area (Å²) >= 11 is 0. The summed E-state index contributed by atoms with van der Waals surface area (Å²) in [7, 11) is 1.71. The van der Waals surface area contributed by atoms with Gasteiger partial charge >= 0.3 is 0 Å². The molecule has 1 aromatic rings. The summed E-state index contributed by atoms with van der Waals surface area (Å²) in [5, 5.41) is 9.81. The molecule has 1 aliphatic heterocycles. The molecule has 1 aliphatic rings. The molecule has 0 amide bonds. The number of rotatable bonds is 6. The topological polar surface area (TPSA) is 62.0 Å². The van der Waals surface area contributed by atoms with Crippen LogP contribution in [-0.4, -0.2) is 62.5 Å². The van der Waals surface area contributed by atoms with Gasteiger partial charge in [0, 0.05) is 32.7 Å². The molecule has 1 saturated heterocycles. The Hall–Kier alpha value is -1.30. The Kier molecular flexibility index (Phi) is 5.64. The van der Waals surface area contributed by atoms with Crippen LogP contribution in [0.5, 0.6) is 5.75 Å². The monoisotopic (exact) mass is 279 g/mol. The molecule has 0 aromatic heterocycles. The van der Waals surface area contributed by atoms with Gasteiger partial charge in [-0.15, -0.1) is 0 Å². The highest BCUT2D eigenvalue weighted by molar-refractivity contribution is 5.58. The molecule has 20 heavy (non-hydrogen) atoms. The number of benzene rings is 1. The van der Waals surface area contributed by atoms with Crippen LogP contribution in [0.2, 0.25) is 0 Å². The lowest BCUT2D eigenvalue weighted by Gasteiger charge is -2.37. The van der Waals surface area contributed by atoms with Gasteiger partial charge in [-0.2, -0.15) is 0 Å². The molecule has 3 N–H and O–H groups in total. The summed E-state index contributed by atoms with van der Waals surface area (Å²) in [6, 6.07) is 8.11. The molecule has 0 bridgehead atoms. The largest absolute Gasteiger partial charge is 0.495 e. The quantitative estimate of drug-likeness (QED) is 0.795. The van der Waals surface area contributed by atoms with E-state index in [1.165, 1.54) is 0 Å². The molecule has 112 valence electrons. The van der Waals surface area contributed by atoms with Crippen LogP contribution in [-0.2, 0) is 0 Å². The second-order valence-electron chi connectivity index (χ2n) is 5.19. The van der Waals surface area contributed by atoms with Gasteiger partial charge in [0.1, 0.15) is 5.75 Å². The second-order valence-corrected chi connectivity index (χ2v) is 5.19. The molecule has 0 saturated carbocycles. The first-order valence-electron chi connectivity index (χ1n) is 7.23. The Morgan fingerprint density at radius 1 is 1.25 bits per heavy atom. The van der Waals surface area contributed by atoms with Gasteiger partial charge in [-0.1, -0.05) is 12.1 Å². The molecule has 0 spiro atoms. The lowest BCUT2D eigenvalue weighted by atomic mass is 10.2. The average molecular weight is 279 g/mol. The maximum absolute atomic E-state index is 9.81. The van der Waals surface area contributed by atoms with Crippen LogP contribution >= 0.6 is 0 Å². The van der Waals surface area contributed by atoms with Crippen LogP contribution in [0.4, 0.5) is 5.69 Å². The van der Waals surface area contributed by atoms with Crippen molar-refractivity contribution in [2.45, 2.75) is 12.5 Å². The van der Waals surface area contributed by atoms with E-state index in [-0.39, 0.29) is 6.10 Å². The normalized spacial score (nSPS) is 18.1. The average Bonchev–Trinajstić information content (AvgIpc) is 2.48. The number of aliphatic hydroxyl groups is 1. The molecule has 2 rings (SSSR count). The van der Waals surface area contributed by atoms with Crippen LogP contribution in [0.1, 0.15) is 6.42 Å². The van der Waals surface area contributed by atoms with Crippen molar-refractivity contribution >= 4 is 5.69 Å². The number of nitrogens with two attached hydrogens (primary N) is 1. The van der Waals surface area contributed by atoms with Gasteiger partial charge in [0.05, 0.1) is 18.9 Å². The van der Waals surface area contributed by atoms with Crippen molar-refractivity contribution in [3.63, 3.8) is 0 Å². The van der Waals surface area contributed by atoms with Gasteiger partial charge in [0.15, 0.2) is 0 Å². The lowest BCUT2D eigenvalue weighted by Crippen LogP contribution is -2.48. The highest BCUT2D eigenvalue weighted by Gasteiger charge is 2.20. The molecular formula is C15H25N3O2. The molecular weight excluding hydrogens is 254 g/mol. The lowest BCUT2D eigenvalue weighted by molar-refractivity contribution is 0.104. The zero-order valence-corrected chi connectivity index (χ0v) is 12.2. The molecule has 0 unspecified atom stereocenters. The highest BCUT2D eigenvalue weighted by Crippen LogP contribution is 2.28. The van der Waals surface area contributed by atoms with Gasteiger partial charge in [-0.25, -0.2) is 0 Å². The smallest absolute Gasteiger partial charge is 0.142 e. The van der Waals surface area contributed by atoms with Crippen molar-refractivity contribution in [1.82, 2.24) is 4.90 Å². The van der Waals surface area contributed by atoms with Crippen molar-refractivity contribution in [2.24, 2.45) is 5.73 Å². The zero-order chi connectivity index (χ0) is 14.4. The summed E-state index contributed by atoms with van der Waals surface area (Å²) in [4.78, 5) is 4.64. The number of methoxy groups -OCH3 is 1. The Bertz CT molecular complexity index is 406. The van der Waals surface area contributed by atoms with Crippen molar-refractivity contribution < 1.29 is 9.84 Å². The number of piperazine rings is 1. The first-order valence-corrected chi connectivity index (χ1v) is 7.23. The first kappa shape index (κ1) is 15.1. The highest BCUT2D eigenvalue weighted by atomic mass is 16.5. The Morgan fingerprint density at radius 2 is 1.95 bits per heavy atom. The standard InChI is InChI=1S/C15H25N3O2/c1-20-15-5-3-2-4-14(15)18-10-8-17(9-11-18)12-13(19)6-7-16/h2-5,13,19H,6-12,16H2,1H3/t13-/m1/s1. The van der Waals surface area contributed by atoms with Crippen molar-refractivity contribution in [3.8, 4) is 5.75 Å². The van der Waals surface area contributed by atoms with E-state index in [4.69, 9.17) is 10.5 Å². The number of hydrogen-bond acceptors (Lipinski definition) is 5. The number of ether oxygens (including phenoxy) is 1. The third kappa shape index (κ3) is 3.85.